The number of halogens is 1. The molecule has 1 aliphatic carbocycles. The summed E-state index contributed by atoms with van der Waals surface area (Å²) in [5.41, 5.74) is 0.728. The lowest BCUT2D eigenvalue weighted by molar-refractivity contribution is -0.120. The van der Waals surface area contributed by atoms with E-state index in [0.717, 1.165) is 18.4 Å². The lowest BCUT2D eigenvalue weighted by atomic mass is 10.0. The van der Waals surface area contributed by atoms with Crippen LogP contribution in [0.1, 0.15) is 49.0 Å². The van der Waals surface area contributed by atoms with E-state index in [1.165, 1.54) is 12.1 Å². The third kappa shape index (κ3) is 3.89. The molecule has 0 heterocycles. The van der Waals surface area contributed by atoms with E-state index in [9.17, 15) is 14.0 Å². The standard InChI is InChI=1S/C16H19FO3/c1-10(2)20-16(19)13-9-11(3-7-14(13)17)4-8-15(18)12-5-6-12/h3,7,9-10,12H,4-6,8H2,1-2H3. The Morgan fingerprint density at radius 1 is 1.35 bits per heavy atom. The highest BCUT2D eigenvalue weighted by molar-refractivity contribution is 5.90. The van der Waals surface area contributed by atoms with Gasteiger partial charge >= 0.3 is 5.97 Å². The van der Waals surface area contributed by atoms with Crippen LogP contribution in [0.3, 0.4) is 0 Å². The number of hydrogen-bond acceptors (Lipinski definition) is 3. The van der Waals surface area contributed by atoms with Gasteiger partial charge in [-0.3, -0.25) is 4.79 Å². The van der Waals surface area contributed by atoms with Gasteiger partial charge in [-0.1, -0.05) is 6.07 Å². The van der Waals surface area contributed by atoms with Crippen molar-refractivity contribution >= 4 is 11.8 Å². The fourth-order valence-corrected chi connectivity index (χ4v) is 2.04. The summed E-state index contributed by atoms with van der Waals surface area (Å²) in [5.74, 6) is -0.748. The first-order valence-corrected chi connectivity index (χ1v) is 6.99. The molecule has 3 nitrogen and oxygen atoms in total. The van der Waals surface area contributed by atoms with Crippen LogP contribution in [0.15, 0.2) is 18.2 Å². The molecule has 2 rings (SSSR count). The third-order valence-corrected chi connectivity index (χ3v) is 3.29. The molecular formula is C16H19FO3. The van der Waals surface area contributed by atoms with Crippen molar-refractivity contribution in [1.82, 2.24) is 0 Å². The zero-order valence-electron chi connectivity index (χ0n) is 11.8. The molecule has 108 valence electrons. The van der Waals surface area contributed by atoms with E-state index >= 15 is 0 Å². The Hall–Kier alpha value is -1.71. The molecule has 0 N–H and O–H groups in total. The van der Waals surface area contributed by atoms with Crippen molar-refractivity contribution in [2.75, 3.05) is 0 Å². The van der Waals surface area contributed by atoms with Crippen LogP contribution in [-0.4, -0.2) is 17.9 Å². The van der Waals surface area contributed by atoms with Gasteiger partial charge in [-0.05, 0) is 50.8 Å². The van der Waals surface area contributed by atoms with Gasteiger partial charge in [0, 0.05) is 12.3 Å². The maximum absolute atomic E-state index is 13.6. The summed E-state index contributed by atoms with van der Waals surface area (Å²) in [6, 6.07) is 4.36. The monoisotopic (exact) mass is 278 g/mol. The zero-order valence-corrected chi connectivity index (χ0v) is 11.8. The van der Waals surface area contributed by atoms with Gasteiger partial charge in [0.05, 0.1) is 11.7 Å². The van der Waals surface area contributed by atoms with Gasteiger partial charge in [0.2, 0.25) is 0 Å². The minimum Gasteiger partial charge on any atom is -0.459 e. The highest BCUT2D eigenvalue weighted by Gasteiger charge is 2.28. The summed E-state index contributed by atoms with van der Waals surface area (Å²) in [6.45, 7) is 3.43. The lowest BCUT2D eigenvalue weighted by Gasteiger charge is -2.10. The van der Waals surface area contributed by atoms with E-state index in [2.05, 4.69) is 0 Å². The minimum atomic E-state index is -0.659. The maximum Gasteiger partial charge on any atom is 0.341 e. The second kappa shape index (κ2) is 6.16. The van der Waals surface area contributed by atoms with E-state index in [-0.39, 0.29) is 23.4 Å². The molecule has 1 saturated carbocycles. The van der Waals surface area contributed by atoms with Gasteiger partial charge in [0.15, 0.2) is 0 Å². The number of carbonyl (C=O) groups is 2. The fraction of sp³-hybridized carbons (Fsp3) is 0.500. The molecule has 4 heteroatoms. The predicted molar refractivity (Wildman–Crippen MR) is 73.0 cm³/mol. The lowest BCUT2D eigenvalue weighted by Crippen LogP contribution is -2.13. The summed E-state index contributed by atoms with van der Waals surface area (Å²) < 4.78 is 18.6. The molecule has 0 aliphatic heterocycles. The van der Waals surface area contributed by atoms with Crippen molar-refractivity contribution < 1.29 is 18.7 Å². The average molecular weight is 278 g/mol. The van der Waals surface area contributed by atoms with E-state index < -0.39 is 11.8 Å². The number of carbonyl (C=O) groups excluding carboxylic acids is 2. The number of hydrogen-bond donors (Lipinski definition) is 0. The Kier molecular flexibility index (Phi) is 4.53. The van der Waals surface area contributed by atoms with Gasteiger partial charge in [0.1, 0.15) is 11.6 Å². The second-order valence-electron chi connectivity index (χ2n) is 5.51. The number of esters is 1. The first-order chi connectivity index (χ1) is 9.47. The van der Waals surface area contributed by atoms with Crippen molar-refractivity contribution in [2.45, 2.75) is 45.6 Å². The van der Waals surface area contributed by atoms with E-state index in [0.29, 0.717) is 12.8 Å². The third-order valence-electron chi connectivity index (χ3n) is 3.29. The SMILES string of the molecule is CC(C)OC(=O)c1cc(CCC(=O)C2CC2)ccc1F. The summed E-state index contributed by atoms with van der Waals surface area (Å²) in [5, 5.41) is 0. The molecule has 0 saturated heterocycles. The van der Waals surface area contributed by atoms with Gasteiger partial charge in [-0.25, -0.2) is 9.18 Å². The number of Topliss-reactive ketones (excluding diaryl/α,β-unsaturated/α-hetero) is 1. The molecule has 1 aliphatic rings. The number of ether oxygens (including phenoxy) is 1. The van der Waals surface area contributed by atoms with Crippen molar-refractivity contribution in [2.24, 2.45) is 5.92 Å². The van der Waals surface area contributed by atoms with Crippen molar-refractivity contribution in [1.29, 1.82) is 0 Å². The molecule has 0 unspecified atom stereocenters. The highest BCUT2D eigenvalue weighted by Crippen LogP contribution is 2.31. The highest BCUT2D eigenvalue weighted by atomic mass is 19.1. The fourth-order valence-electron chi connectivity index (χ4n) is 2.04. The zero-order chi connectivity index (χ0) is 14.7. The molecule has 0 aromatic heterocycles. The largest absolute Gasteiger partial charge is 0.459 e. The second-order valence-corrected chi connectivity index (χ2v) is 5.51. The van der Waals surface area contributed by atoms with Crippen molar-refractivity contribution in [3.05, 3.63) is 35.1 Å². The molecule has 0 bridgehead atoms. The minimum absolute atomic E-state index is 0.0601. The van der Waals surface area contributed by atoms with Crippen molar-refractivity contribution in [3.8, 4) is 0 Å². The van der Waals surface area contributed by atoms with Gasteiger partial charge in [-0.15, -0.1) is 0 Å². The first kappa shape index (κ1) is 14.7. The molecule has 0 spiro atoms. The normalized spacial score (nSPS) is 14.4. The molecule has 1 aromatic rings. The summed E-state index contributed by atoms with van der Waals surface area (Å²) >= 11 is 0. The van der Waals surface area contributed by atoms with Gasteiger partial charge in [-0.2, -0.15) is 0 Å². The van der Waals surface area contributed by atoms with Gasteiger partial charge in [0.25, 0.3) is 0 Å². The van der Waals surface area contributed by atoms with Crippen LogP contribution in [0.4, 0.5) is 4.39 Å². The van der Waals surface area contributed by atoms with Crippen LogP contribution in [0.25, 0.3) is 0 Å². The van der Waals surface area contributed by atoms with E-state index in [4.69, 9.17) is 4.74 Å². The Morgan fingerprint density at radius 3 is 2.65 bits per heavy atom. The van der Waals surface area contributed by atoms with Crippen LogP contribution >= 0.6 is 0 Å². The Bertz CT molecular complexity index is 518. The number of ketones is 1. The van der Waals surface area contributed by atoms with Crippen LogP contribution in [0.5, 0.6) is 0 Å². The van der Waals surface area contributed by atoms with Crippen LogP contribution in [-0.2, 0) is 16.0 Å². The molecule has 0 radical (unpaired) electrons. The molecule has 1 fully saturated rings. The van der Waals surface area contributed by atoms with Crippen LogP contribution < -0.4 is 0 Å². The van der Waals surface area contributed by atoms with E-state index in [1.54, 1.807) is 19.9 Å². The quantitative estimate of drug-likeness (QED) is 0.750. The molecule has 1 aromatic carbocycles. The Labute approximate surface area is 118 Å². The summed E-state index contributed by atoms with van der Waals surface area (Å²) in [7, 11) is 0. The topological polar surface area (TPSA) is 43.4 Å². The van der Waals surface area contributed by atoms with E-state index in [1.807, 2.05) is 0 Å². The molecule has 0 atom stereocenters. The summed E-state index contributed by atoms with van der Waals surface area (Å²) in [4.78, 5) is 23.4. The van der Waals surface area contributed by atoms with Crippen LogP contribution in [0, 0.1) is 11.7 Å². The Balaban J connectivity index is 2.03. The number of rotatable bonds is 6. The van der Waals surface area contributed by atoms with Gasteiger partial charge < -0.3 is 4.74 Å². The number of aryl methyl sites for hydroxylation is 1. The Morgan fingerprint density at radius 2 is 2.05 bits per heavy atom. The van der Waals surface area contributed by atoms with Crippen LogP contribution in [0.2, 0.25) is 0 Å². The summed E-state index contributed by atoms with van der Waals surface area (Å²) in [6.07, 6.45) is 2.69. The maximum atomic E-state index is 13.6. The predicted octanol–water partition coefficient (Wildman–Crippen LogP) is 3.30. The number of benzene rings is 1. The first-order valence-electron chi connectivity index (χ1n) is 6.99. The molecular weight excluding hydrogens is 259 g/mol. The molecule has 0 amide bonds. The van der Waals surface area contributed by atoms with Crippen molar-refractivity contribution in [3.63, 3.8) is 0 Å². The smallest absolute Gasteiger partial charge is 0.341 e. The molecule has 20 heavy (non-hydrogen) atoms. The average Bonchev–Trinajstić information content (AvgIpc) is 3.20.